The number of primary amides is 1. The monoisotopic (exact) mass is 674 g/mol. The maximum absolute atomic E-state index is 14.3. The van der Waals surface area contributed by atoms with Gasteiger partial charge in [-0.05, 0) is 93.0 Å². The molecule has 0 aromatic heterocycles. The molecule has 11 heteroatoms. The first kappa shape index (κ1) is 33.9. The second kappa shape index (κ2) is 12.8. The van der Waals surface area contributed by atoms with Gasteiger partial charge in [-0.25, -0.2) is 0 Å². The van der Waals surface area contributed by atoms with Crippen molar-refractivity contribution in [2.24, 2.45) is 17.6 Å². The number of phenolic OH excluding ortho intramolecular Hbond substituents is 1. The molecule has 1 saturated carbocycles. The second-order valence-electron chi connectivity index (χ2n) is 12.6. The molecule has 3 aromatic carbocycles. The number of benzene rings is 3. The highest BCUT2D eigenvalue weighted by Gasteiger charge is 2.64. The minimum atomic E-state index is -2.75. The van der Waals surface area contributed by atoms with Crippen molar-refractivity contribution in [2.75, 3.05) is 28.3 Å². The molecule has 3 aliphatic carbocycles. The fourth-order valence-electron chi connectivity index (χ4n) is 7.15. The molecule has 3 aromatic rings. The molecule has 1 amide bonds. The highest BCUT2D eigenvalue weighted by Crippen LogP contribution is 2.53. The minimum Gasteiger partial charge on any atom is -0.508 e. The largest absolute Gasteiger partial charge is 0.508 e. The average Bonchev–Trinajstić information content (AvgIpc) is 3.09. The van der Waals surface area contributed by atoms with Crippen LogP contribution in [0.5, 0.6) is 17.2 Å². The number of ether oxygens (including phenoxy) is 2. The van der Waals surface area contributed by atoms with E-state index in [1.165, 1.54) is 4.90 Å². The van der Waals surface area contributed by atoms with Crippen LogP contribution in [0.4, 0.5) is 0 Å². The van der Waals surface area contributed by atoms with Gasteiger partial charge in [0.15, 0.2) is 11.4 Å². The van der Waals surface area contributed by atoms with E-state index in [2.05, 4.69) is 23.7 Å². The molecule has 0 radical (unpaired) electrons. The van der Waals surface area contributed by atoms with Gasteiger partial charge in [-0.1, -0.05) is 23.7 Å². The Hall–Kier alpha value is -6.01. The smallest absolute Gasteiger partial charge is 0.255 e. The Bertz CT molecular complexity index is 2140. The number of aromatic hydroxyl groups is 1. The lowest BCUT2D eigenvalue weighted by atomic mass is 9.57. The molecule has 0 bridgehead atoms. The van der Waals surface area contributed by atoms with Gasteiger partial charge < -0.3 is 35.6 Å². The maximum atomic E-state index is 14.3. The molecule has 1 fully saturated rings. The molecule has 0 heterocycles. The van der Waals surface area contributed by atoms with E-state index < -0.39 is 63.8 Å². The van der Waals surface area contributed by atoms with Gasteiger partial charge in [0.05, 0.1) is 31.4 Å². The molecular formula is C39H34N2O9. The van der Waals surface area contributed by atoms with Crippen LogP contribution >= 0.6 is 0 Å². The number of carbonyl (C=O) groups excluding carboxylic acids is 3. The fourth-order valence-corrected chi connectivity index (χ4v) is 7.15. The Morgan fingerprint density at radius 2 is 1.42 bits per heavy atom. The van der Waals surface area contributed by atoms with Crippen molar-refractivity contribution < 1.29 is 44.3 Å². The van der Waals surface area contributed by atoms with Gasteiger partial charge in [0.1, 0.15) is 34.3 Å². The highest BCUT2D eigenvalue weighted by molar-refractivity contribution is 6.24. The lowest BCUT2D eigenvalue weighted by Crippen LogP contribution is -2.65. The number of nitrogens with zero attached hydrogens (tertiary/aromatic N) is 1. The fraction of sp³-hybridized carbons (Fsp3) is 0.256. The van der Waals surface area contributed by atoms with Gasteiger partial charge in [0.25, 0.3) is 5.91 Å². The zero-order chi connectivity index (χ0) is 36.1. The standard InChI is InChI=1S/C39H34N2O9/c1-41(2)32-28-19-24-18-27-22(11-5-20-7-13-25(49-3)14-8-20)17-23(12-6-21-9-15-26(50-4)16-10-21)33(42)30(27)34(43)29(24)36(45)39(28,48)37(46)31(35(32)44)38(40)47/h7-10,13-17,24,28,32,42-43,46,48H,18-19H2,1-4H3,(H2,40,47)/t24-,28-,32-,39-/m1/s1. The Morgan fingerprint density at radius 1 is 0.880 bits per heavy atom. The summed E-state index contributed by atoms with van der Waals surface area (Å²) in [5.74, 6) is 6.10. The quantitative estimate of drug-likeness (QED) is 0.204. The number of methoxy groups -OCH3 is 2. The van der Waals surface area contributed by atoms with E-state index in [-0.39, 0.29) is 29.5 Å². The first-order valence-corrected chi connectivity index (χ1v) is 15.7. The highest BCUT2D eigenvalue weighted by atomic mass is 16.5. The van der Waals surface area contributed by atoms with Crippen LogP contribution in [0.15, 0.2) is 71.5 Å². The first-order valence-electron chi connectivity index (χ1n) is 15.7. The topological polar surface area (TPSA) is 180 Å². The summed E-state index contributed by atoms with van der Waals surface area (Å²) in [5, 5.41) is 46.5. The number of Topliss-reactive ketones (excluding diaryl/α,β-unsaturated/α-hetero) is 2. The maximum Gasteiger partial charge on any atom is 0.255 e. The molecule has 50 heavy (non-hydrogen) atoms. The molecule has 6 rings (SSSR count). The number of carbonyl (C=O) groups is 3. The lowest BCUT2D eigenvalue weighted by molar-refractivity contribution is -0.153. The van der Waals surface area contributed by atoms with Crippen LogP contribution in [0, 0.1) is 35.5 Å². The molecule has 254 valence electrons. The molecule has 0 saturated heterocycles. The summed E-state index contributed by atoms with van der Waals surface area (Å²) in [4.78, 5) is 41.5. The van der Waals surface area contributed by atoms with Crippen LogP contribution in [0.1, 0.15) is 39.8 Å². The normalized spacial score (nSPS) is 22.4. The zero-order valence-electron chi connectivity index (χ0n) is 27.7. The van der Waals surface area contributed by atoms with Crippen LogP contribution in [0.25, 0.3) is 5.76 Å². The van der Waals surface area contributed by atoms with Crippen molar-refractivity contribution in [3.8, 4) is 40.9 Å². The van der Waals surface area contributed by atoms with Gasteiger partial charge in [0, 0.05) is 28.2 Å². The molecule has 0 unspecified atom stereocenters. The third kappa shape index (κ3) is 5.43. The number of phenols is 1. The van der Waals surface area contributed by atoms with E-state index in [0.717, 1.165) is 0 Å². The summed E-state index contributed by atoms with van der Waals surface area (Å²) in [6.07, 6.45) is 0.0395. The van der Waals surface area contributed by atoms with Gasteiger partial charge in [-0.3, -0.25) is 19.3 Å². The first-order chi connectivity index (χ1) is 23.8. The van der Waals surface area contributed by atoms with Gasteiger partial charge in [-0.2, -0.15) is 0 Å². The molecule has 0 aliphatic heterocycles. The molecule has 6 N–H and O–H groups in total. The summed E-state index contributed by atoms with van der Waals surface area (Å²) in [6.45, 7) is 0. The van der Waals surface area contributed by atoms with Gasteiger partial charge >= 0.3 is 0 Å². The summed E-state index contributed by atoms with van der Waals surface area (Å²) in [7, 11) is 6.20. The van der Waals surface area contributed by atoms with Crippen LogP contribution in [0.2, 0.25) is 0 Å². The third-order valence-corrected chi connectivity index (χ3v) is 9.58. The zero-order valence-corrected chi connectivity index (χ0v) is 27.7. The van der Waals surface area contributed by atoms with Crippen molar-refractivity contribution in [3.05, 3.63) is 105 Å². The van der Waals surface area contributed by atoms with Crippen molar-refractivity contribution in [1.29, 1.82) is 0 Å². The predicted octanol–water partition coefficient (Wildman–Crippen LogP) is 2.78. The average molecular weight is 675 g/mol. The van der Waals surface area contributed by atoms with Crippen molar-refractivity contribution >= 4 is 23.2 Å². The van der Waals surface area contributed by atoms with E-state index in [1.54, 1.807) is 82.9 Å². The molecule has 0 spiro atoms. The van der Waals surface area contributed by atoms with E-state index in [1.807, 2.05) is 0 Å². The number of hydrogen-bond donors (Lipinski definition) is 5. The molecule has 3 aliphatic rings. The SMILES string of the molecule is COc1ccc(C#Cc2cc(C#Cc3ccc(OC)cc3)c3c(c2O)C(O)=C2C(=O)[C@@]4(O)C(O)=C(C(N)=O)C(=O)[C@H](N(C)C)[C@H]4C[C@H]2C3)cc1. The third-order valence-electron chi connectivity index (χ3n) is 9.58. The Morgan fingerprint density at radius 3 is 1.92 bits per heavy atom. The number of ketones is 2. The van der Waals surface area contributed by atoms with Crippen LogP contribution in [-0.2, 0) is 20.8 Å². The Labute approximate surface area is 288 Å². The summed E-state index contributed by atoms with van der Waals surface area (Å²) < 4.78 is 10.4. The second-order valence-corrected chi connectivity index (χ2v) is 12.6. The van der Waals surface area contributed by atoms with Crippen LogP contribution < -0.4 is 15.2 Å². The van der Waals surface area contributed by atoms with E-state index in [4.69, 9.17) is 15.2 Å². The number of amides is 1. The van der Waals surface area contributed by atoms with Crippen molar-refractivity contribution in [2.45, 2.75) is 24.5 Å². The lowest BCUT2D eigenvalue weighted by Gasteiger charge is -2.50. The number of rotatable bonds is 4. The molecular weight excluding hydrogens is 640 g/mol. The van der Waals surface area contributed by atoms with Crippen molar-refractivity contribution in [1.82, 2.24) is 4.90 Å². The van der Waals surface area contributed by atoms with E-state index in [0.29, 0.717) is 33.8 Å². The Kier molecular flexibility index (Phi) is 8.66. The minimum absolute atomic E-state index is 0.0447. The predicted molar refractivity (Wildman–Crippen MR) is 182 cm³/mol. The van der Waals surface area contributed by atoms with Gasteiger partial charge in [0.2, 0.25) is 5.78 Å². The number of likely N-dealkylation sites (N-methyl/N-ethyl adjacent to an activating group) is 1. The van der Waals surface area contributed by atoms with Crippen LogP contribution in [0.3, 0.4) is 0 Å². The summed E-state index contributed by atoms with van der Waals surface area (Å²) in [6, 6.07) is 14.5. The number of fused-ring (bicyclic) bond motifs is 3. The summed E-state index contributed by atoms with van der Waals surface area (Å²) in [5.41, 5.74) is 3.70. The Balaban J connectivity index is 1.55. The summed E-state index contributed by atoms with van der Waals surface area (Å²) >= 11 is 0. The van der Waals surface area contributed by atoms with Crippen LogP contribution in [-0.4, -0.2) is 82.8 Å². The number of aliphatic hydroxyl groups excluding tert-OH is 2. The van der Waals surface area contributed by atoms with E-state index >= 15 is 0 Å². The number of hydrogen-bond acceptors (Lipinski definition) is 10. The number of aliphatic hydroxyl groups is 3. The van der Waals surface area contributed by atoms with Crippen molar-refractivity contribution in [3.63, 3.8) is 0 Å². The molecule has 4 atom stereocenters. The number of nitrogens with two attached hydrogens (primary N) is 1. The van der Waals surface area contributed by atoms with Gasteiger partial charge in [-0.15, -0.1) is 0 Å². The molecule has 11 nitrogen and oxygen atoms in total. The van der Waals surface area contributed by atoms with E-state index in [9.17, 15) is 34.8 Å².